The van der Waals surface area contributed by atoms with Gasteiger partial charge < -0.3 is 0 Å². The maximum absolute atomic E-state index is 13.8. The summed E-state index contributed by atoms with van der Waals surface area (Å²) in [6.45, 7) is 0. The predicted octanol–water partition coefficient (Wildman–Crippen LogP) is 3.80. The normalized spacial score (nSPS) is 19.7. The largest absolute Gasteiger partial charge is 0.234 e. The maximum Gasteiger partial charge on any atom is 0.234 e. The Morgan fingerprint density at radius 2 is 2.09 bits per heavy atom. The van der Waals surface area contributed by atoms with Crippen molar-refractivity contribution < 1.29 is 8.78 Å². The van der Waals surface area contributed by atoms with Gasteiger partial charge >= 0.3 is 0 Å². The highest BCUT2D eigenvalue weighted by Gasteiger charge is 2.41. The molecule has 0 radical (unpaired) electrons. The van der Waals surface area contributed by atoms with Gasteiger partial charge in [0.1, 0.15) is 11.9 Å². The average molecular weight is 331 g/mol. The van der Waals surface area contributed by atoms with Crippen LogP contribution in [0.1, 0.15) is 34.9 Å². The molecular weight excluding hydrogens is 322 g/mol. The molecule has 7 heteroatoms. The Morgan fingerprint density at radius 3 is 2.83 bits per heavy atom. The highest BCUT2D eigenvalue weighted by atomic mass is 35.5. The van der Waals surface area contributed by atoms with Gasteiger partial charge in [0.2, 0.25) is 5.95 Å². The molecule has 0 aliphatic heterocycles. The van der Waals surface area contributed by atoms with Crippen LogP contribution in [0.15, 0.2) is 30.5 Å². The number of hydrogen-bond acceptors (Lipinski definition) is 3. The Morgan fingerprint density at radius 1 is 1.26 bits per heavy atom. The van der Waals surface area contributed by atoms with Crippen LogP contribution in [-0.4, -0.2) is 14.6 Å². The van der Waals surface area contributed by atoms with E-state index in [1.807, 2.05) is 0 Å². The lowest BCUT2D eigenvalue weighted by Crippen LogP contribution is -1.99. The number of aromatic nitrogens is 3. The van der Waals surface area contributed by atoms with Crippen LogP contribution < -0.4 is 0 Å². The minimum Gasteiger partial charge on any atom is -0.232 e. The highest BCUT2D eigenvalue weighted by Crippen LogP contribution is 2.55. The summed E-state index contributed by atoms with van der Waals surface area (Å²) < 4.78 is 28.5. The molecule has 1 fully saturated rings. The number of halogens is 3. The van der Waals surface area contributed by atoms with Crippen LogP contribution in [0.4, 0.5) is 8.78 Å². The Bertz CT molecular complexity index is 976. The van der Waals surface area contributed by atoms with E-state index < -0.39 is 11.8 Å². The summed E-state index contributed by atoms with van der Waals surface area (Å²) in [6, 6.07) is 8.09. The summed E-state index contributed by atoms with van der Waals surface area (Å²) >= 11 is 5.96. The summed E-state index contributed by atoms with van der Waals surface area (Å²) in [5.41, 5.74) is 2.05. The van der Waals surface area contributed by atoms with E-state index in [2.05, 4.69) is 10.1 Å². The van der Waals surface area contributed by atoms with Crippen LogP contribution in [0.2, 0.25) is 5.15 Å². The summed E-state index contributed by atoms with van der Waals surface area (Å²) in [5, 5.41) is 12.9. The third kappa shape index (κ3) is 2.25. The van der Waals surface area contributed by atoms with Crippen molar-refractivity contribution in [2.75, 3.05) is 0 Å². The highest BCUT2D eigenvalue weighted by molar-refractivity contribution is 6.29. The molecule has 0 saturated heterocycles. The molecule has 2 atom stereocenters. The predicted molar refractivity (Wildman–Crippen MR) is 79.2 cm³/mol. The monoisotopic (exact) mass is 330 g/mol. The molecule has 1 saturated carbocycles. The lowest BCUT2D eigenvalue weighted by molar-refractivity contribution is 0.548. The Kier molecular flexibility index (Phi) is 3.06. The number of rotatable bonds is 2. The zero-order chi connectivity index (χ0) is 16.1. The zero-order valence-corrected chi connectivity index (χ0v) is 12.4. The van der Waals surface area contributed by atoms with Gasteiger partial charge in [-0.15, -0.1) is 0 Å². The van der Waals surface area contributed by atoms with Gasteiger partial charge in [-0.05, 0) is 42.0 Å². The summed E-state index contributed by atoms with van der Waals surface area (Å²) in [4.78, 5) is 4.04. The van der Waals surface area contributed by atoms with Crippen molar-refractivity contribution in [1.29, 1.82) is 5.26 Å². The van der Waals surface area contributed by atoms with Crippen LogP contribution in [0.5, 0.6) is 0 Å². The third-order valence-corrected chi connectivity index (χ3v) is 4.34. The second kappa shape index (κ2) is 5.00. The molecule has 4 nitrogen and oxygen atoms in total. The molecule has 1 aromatic carbocycles. The van der Waals surface area contributed by atoms with E-state index >= 15 is 0 Å². The molecule has 4 rings (SSSR count). The molecule has 0 amide bonds. The number of benzene rings is 1. The van der Waals surface area contributed by atoms with E-state index in [1.54, 1.807) is 18.2 Å². The number of fused-ring (bicyclic) bond motifs is 1. The molecule has 2 aromatic heterocycles. The van der Waals surface area contributed by atoms with E-state index in [-0.39, 0.29) is 22.6 Å². The van der Waals surface area contributed by atoms with Crippen LogP contribution in [-0.2, 0) is 0 Å². The van der Waals surface area contributed by atoms with Gasteiger partial charge in [-0.2, -0.15) is 19.3 Å². The fourth-order valence-corrected chi connectivity index (χ4v) is 3.16. The van der Waals surface area contributed by atoms with E-state index in [1.165, 1.54) is 12.1 Å². The number of nitrogens with zero attached hydrogens (tertiary/aromatic N) is 4. The molecule has 2 heterocycles. The number of imidazole rings is 1. The van der Waals surface area contributed by atoms with Gasteiger partial charge in [-0.1, -0.05) is 17.7 Å². The van der Waals surface area contributed by atoms with Crippen molar-refractivity contribution in [2.24, 2.45) is 0 Å². The van der Waals surface area contributed by atoms with Gasteiger partial charge in [-0.3, -0.25) is 0 Å². The number of hydrogen-bond donors (Lipinski definition) is 0. The topological polar surface area (TPSA) is 54.0 Å². The molecule has 1 aliphatic rings. The first-order valence-corrected chi connectivity index (χ1v) is 7.35. The quantitative estimate of drug-likeness (QED) is 0.718. The van der Waals surface area contributed by atoms with Gasteiger partial charge in [0.25, 0.3) is 0 Å². The van der Waals surface area contributed by atoms with Crippen molar-refractivity contribution in [3.63, 3.8) is 0 Å². The first kappa shape index (κ1) is 14.1. The lowest BCUT2D eigenvalue weighted by atomic mass is 10.0. The van der Waals surface area contributed by atoms with E-state index in [9.17, 15) is 8.78 Å². The van der Waals surface area contributed by atoms with Crippen LogP contribution in [0.25, 0.3) is 5.65 Å². The van der Waals surface area contributed by atoms with Crippen molar-refractivity contribution in [3.05, 3.63) is 64.1 Å². The first-order chi connectivity index (χ1) is 11.1. The van der Waals surface area contributed by atoms with Crippen LogP contribution >= 0.6 is 11.6 Å². The Hall–Kier alpha value is -2.52. The summed E-state index contributed by atoms with van der Waals surface area (Å²) in [7, 11) is 0. The van der Waals surface area contributed by atoms with Gasteiger partial charge in [-0.25, -0.2) is 9.37 Å². The molecule has 0 unspecified atom stereocenters. The van der Waals surface area contributed by atoms with Crippen molar-refractivity contribution >= 4 is 17.2 Å². The molecule has 0 N–H and O–H groups in total. The lowest BCUT2D eigenvalue weighted by Gasteiger charge is -2.05. The number of nitriles is 1. The van der Waals surface area contributed by atoms with E-state index in [0.717, 1.165) is 28.3 Å². The van der Waals surface area contributed by atoms with Crippen molar-refractivity contribution in [2.45, 2.75) is 18.3 Å². The van der Waals surface area contributed by atoms with E-state index in [0.29, 0.717) is 5.65 Å². The summed E-state index contributed by atoms with van der Waals surface area (Å²) in [5.74, 6) is -0.933. The molecule has 3 aromatic rings. The second-order valence-corrected chi connectivity index (χ2v) is 5.93. The second-order valence-electron chi connectivity index (χ2n) is 5.54. The van der Waals surface area contributed by atoms with Crippen LogP contribution in [0, 0.1) is 23.1 Å². The molecule has 23 heavy (non-hydrogen) atoms. The standard InChI is InChI=1S/C16H9ClF2N4/c17-14-5-12(16-21-7-15(19)23(16)22-14)11-4-10(11)8-1-2-9(6-20)13(18)3-8/h1-3,5,7,10-11H,4H2/t10-,11+/m1/s1. The average Bonchev–Trinajstić information content (AvgIpc) is 3.25. The van der Waals surface area contributed by atoms with Crippen LogP contribution in [0.3, 0.4) is 0 Å². The fourth-order valence-electron chi connectivity index (χ4n) is 2.97. The summed E-state index contributed by atoms with van der Waals surface area (Å²) in [6.07, 6.45) is 1.89. The van der Waals surface area contributed by atoms with E-state index in [4.69, 9.17) is 16.9 Å². The molecule has 0 bridgehead atoms. The third-order valence-electron chi connectivity index (χ3n) is 4.16. The molecular formula is C16H9ClF2N4. The maximum atomic E-state index is 13.8. The van der Waals surface area contributed by atoms with Gasteiger partial charge in [0, 0.05) is 5.56 Å². The minimum absolute atomic E-state index is 0.0237. The molecule has 114 valence electrons. The SMILES string of the molecule is N#Cc1ccc([C@H]2C[C@@H]2c2cc(Cl)nn3c(F)cnc23)cc1F. The Balaban J connectivity index is 1.72. The van der Waals surface area contributed by atoms with Crippen molar-refractivity contribution in [3.8, 4) is 6.07 Å². The smallest absolute Gasteiger partial charge is 0.232 e. The molecule has 0 spiro atoms. The molecule has 1 aliphatic carbocycles. The minimum atomic E-state index is -0.578. The van der Waals surface area contributed by atoms with Gasteiger partial charge in [0.15, 0.2) is 10.8 Å². The zero-order valence-electron chi connectivity index (χ0n) is 11.7. The fraction of sp³-hybridized carbons (Fsp3) is 0.188. The van der Waals surface area contributed by atoms with Crippen molar-refractivity contribution in [1.82, 2.24) is 14.6 Å². The van der Waals surface area contributed by atoms with Gasteiger partial charge in [0.05, 0.1) is 11.8 Å². The first-order valence-electron chi connectivity index (χ1n) is 6.97. The Labute approximate surface area is 134 Å².